The third kappa shape index (κ3) is 8.58. The summed E-state index contributed by atoms with van der Waals surface area (Å²) in [5.74, 6) is 2.20. The van der Waals surface area contributed by atoms with E-state index < -0.39 is 0 Å². The number of pyridine rings is 1. The Hall–Kier alpha value is -2.33. The largest absolute Gasteiger partial charge is 0.490 e. The minimum absolute atomic E-state index is 0. The fourth-order valence-electron chi connectivity index (χ4n) is 2.59. The number of hydrogen-bond acceptors (Lipinski definition) is 5. The lowest BCUT2D eigenvalue weighted by Crippen LogP contribution is -2.37. The molecule has 0 amide bonds. The fraction of sp³-hybridized carbons (Fsp3) is 0.273. The van der Waals surface area contributed by atoms with Gasteiger partial charge in [0.15, 0.2) is 5.96 Å². The molecule has 1 aromatic carbocycles. The number of para-hydroxylation sites is 1. The van der Waals surface area contributed by atoms with Gasteiger partial charge in [0.1, 0.15) is 19.0 Å². The van der Waals surface area contributed by atoms with Crippen molar-refractivity contribution in [2.75, 3.05) is 26.8 Å². The summed E-state index contributed by atoms with van der Waals surface area (Å²) >= 11 is 1.77. The first-order chi connectivity index (χ1) is 14.3. The Bertz CT molecular complexity index is 859. The molecule has 0 aliphatic rings. The average molecular weight is 538 g/mol. The predicted molar refractivity (Wildman–Crippen MR) is 133 cm³/mol. The molecule has 0 bridgehead atoms. The van der Waals surface area contributed by atoms with Crippen LogP contribution < -0.4 is 20.1 Å². The van der Waals surface area contributed by atoms with Gasteiger partial charge in [0.2, 0.25) is 5.88 Å². The van der Waals surface area contributed by atoms with Crippen molar-refractivity contribution in [3.8, 4) is 11.6 Å². The number of hydrogen-bond donors (Lipinski definition) is 2. The minimum atomic E-state index is 0. The van der Waals surface area contributed by atoms with Crippen molar-refractivity contribution < 1.29 is 9.47 Å². The van der Waals surface area contributed by atoms with Crippen LogP contribution >= 0.6 is 35.3 Å². The van der Waals surface area contributed by atoms with Gasteiger partial charge in [-0.25, -0.2) is 4.98 Å². The maximum atomic E-state index is 5.63. The smallest absolute Gasteiger partial charge is 0.213 e. The summed E-state index contributed by atoms with van der Waals surface area (Å²) < 4.78 is 11.2. The van der Waals surface area contributed by atoms with Crippen molar-refractivity contribution >= 4 is 41.3 Å². The van der Waals surface area contributed by atoms with Gasteiger partial charge in [0.05, 0.1) is 0 Å². The summed E-state index contributed by atoms with van der Waals surface area (Å²) in [7, 11) is 1.77. The number of benzene rings is 1. The lowest BCUT2D eigenvalue weighted by Gasteiger charge is -2.12. The molecule has 0 unspecified atom stereocenters. The highest BCUT2D eigenvalue weighted by molar-refractivity contribution is 14.0. The zero-order valence-corrected chi connectivity index (χ0v) is 20.1. The van der Waals surface area contributed by atoms with Crippen LogP contribution in [-0.2, 0) is 13.0 Å². The Morgan fingerprint density at radius 1 is 1.00 bits per heavy atom. The summed E-state index contributed by atoms with van der Waals surface area (Å²) in [4.78, 5) is 9.96. The summed E-state index contributed by atoms with van der Waals surface area (Å²) in [6.07, 6.45) is 2.79. The lowest BCUT2D eigenvalue weighted by molar-refractivity contribution is 0.212. The van der Waals surface area contributed by atoms with Crippen molar-refractivity contribution in [1.29, 1.82) is 0 Å². The standard InChI is InChI=1S/C22H26N4O2S.HI/c1-23-22(24-12-11-20-8-5-15-29-20)26-17-18-9-10-21(25-16-18)28-14-13-27-19-6-3-2-4-7-19;/h2-10,15-16H,11-14,17H2,1H3,(H2,23,24,26);1H. The molecule has 160 valence electrons. The van der Waals surface area contributed by atoms with E-state index in [4.69, 9.17) is 9.47 Å². The topological polar surface area (TPSA) is 67.8 Å². The molecule has 2 N–H and O–H groups in total. The molecule has 0 aliphatic carbocycles. The summed E-state index contributed by atoms with van der Waals surface area (Å²) in [6, 6.07) is 17.8. The highest BCUT2D eigenvalue weighted by atomic mass is 127. The quantitative estimate of drug-likeness (QED) is 0.176. The first-order valence-corrected chi connectivity index (χ1v) is 10.4. The third-order valence-electron chi connectivity index (χ3n) is 4.07. The maximum absolute atomic E-state index is 5.63. The molecule has 0 saturated carbocycles. The van der Waals surface area contributed by atoms with Crippen molar-refractivity contribution in [2.24, 2.45) is 4.99 Å². The molecular formula is C22H27IN4O2S. The molecule has 2 heterocycles. The second kappa shape index (κ2) is 13.8. The van der Waals surface area contributed by atoms with Gasteiger partial charge in [0.25, 0.3) is 0 Å². The van der Waals surface area contributed by atoms with Gasteiger partial charge in [-0.2, -0.15) is 0 Å². The molecule has 0 fully saturated rings. The first kappa shape index (κ1) is 23.9. The normalized spacial score (nSPS) is 10.8. The van der Waals surface area contributed by atoms with Gasteiger partial charge < -0.3 is 20.1 Å². The molecule has 3 rings (SSSR count). The van der Waals surface area contributed by atoms with Gasteiger partial charge in [-0.3, -0.25) is 4.99 Å². The predicted octanol–water partition coefficient (Wildman–Crippen LogP) is 4.13. The monoisotopic (exact) mass is 538 g/mol. The van der Waals surface area contributed by atoms with Crippen LogP contribution in [0.15, 0.2) is 71.2 Å². The second-order valence-electron chi connectivity index (χ2n) is 6.20. The Labute approximate surface area is 198 Å². The number of ether oxygens (including phenoxy) is 2. The molecule has 0 radical (unpaired) electrons. The number of rotatable bonds is 10. The van der Waals surface area contributed by atoms with E-state index in [1.807, 2.05) is 42.5 Å². The van der Waals surface area contributed by atoms with Crippen LogP contribution in [0.25, 0.3) is 0 Å². The van der Waals surface area contributed by atoms with E-state index in [2.05, 4.69) is 38.1 Å². The van der Waals surface area contributed by atoms with Crippen LogP contribution in [0, 0.1) is 0 Å². The van der Waals surface area contributed by atoms with Crippen LogP contribution in [0.1, 0.15) is 10.4 Å². The lowest BCUT2D eigenvalue weighted by atomic mass is 10.3. The Balaban J connectivity index is 0.00000320. The SMILES string of the molecule is CN=C(NCCc1cccs1)NCc1ccc(OCCOc2ccccc2)nc1.I. The second-order valence-corrected chi connectivity index (χ2v) is 7.23. The van der Waals surface area contributed by atoms with E-state index in [0.29, 0.717) is 25.6 Å². The van der Waals surface area contributed by atoms with Gasteiger partial charge in [0, 0.05) is 37.3 Å². The molecular weight excluding hydrogens is 511 g/mol. The molecule has 6 nitrogen and oxygen atoms in total. The molecule has 8 heteroatoms. The summed E-state index contributed by atoms with van der Waals surface area (Å²) in [5.41, 5.74) is 1.05. The van der Waals surface area contributed by atoms with Crippen molar-refractivity contribution in [3.63, 3.8) is 0 Å². The van der Waals surface area contributed by atoms with E-state index in [9.17, 15) is 0 Å². The van der Waals surface area contributed by atoms with Crippen molar-refractivity contribution in [1.82, 2.24) is 15.6 Å². The van der Waals surface area contributed by atoms with E-state index in [1.165, 1.54) is 4.88 Å². The number of nitrogens with zero attached hydrogens (tertiary/aromatic N) is 2. The highest BCUT2D eigenvalue weighted by Crippen LogP contribution is 2.10. The van der Waals surface area contributed by atoms with Crippen LogP contribution in [-0.4, -0.2) is 37.7 Å². The van der Waals surface area contributed by atoms with Gasteiger partial charge in [-0.05, 0) is 35.6 Å². The summed E-state index contributed by atoms with van der Waals surface area (Å²) in [5, 5.41) is 8.72. The summed E-state index contributed by atoms with van der Waals surface area (Å²) in [6.45, 7) is 2.40. The van der Waals surface area contributed by atoms with E-state index in [1.54, 1.807) is 24.6 Å². The van der Waals surface area contributed by atoms with E-state index >= 15 is 0 Å². The molecule has 0 saturated heterocycles. The average Bonchev–Trinajstić information content (AvgIpc) is 3.29. The number of halogens is 1. The van der Waals surface area contributed by atoms with Gasteiger partial charge >= 0.3 is 0 Å². The number of thiophene rings is 1. The third-order valence-corrected chi connectivity index (χ3v) is 5.01. The Kier molecular flexibility index (Phi) is 11.0. The van der Waals surface area contributed by atoms with E-state index in [-0.39, 0.29) is 24.0 Å². The van der Waals surface area contributed by atoms with Crippen LogP contribution in [0.5, 0.6) is 11.6 Å². The van der Waals surface area contributed by atoms with Gasteiger partial charge in [-0.1, -0.05) is 30.3 Å². The van der Waals surface area contributed by atoms with Crippen LogP contribution in [0.4, 0.5) is 0 Å². The Morgan fingerprint density at radius 2 is 1.83 bits per heavy atom. The molecule has 0 aliphatic heterocycles. The zero-order chi connectivity index (χ0) is 20.2. The zero-order valence-electron chi connectivity index (χ0n) is 16.9. The number of nitrogens with one attached hydrogen (secondary N) is 2. The molecule has 2 aromatic heterocycles. The fourth-order valence-corrected chi connectivity index (χ4v) is 3.30. The van der Waals surface area contributed by atoms with Crippen LogP contribution in [0.3, 0.4) is 0 Å². The minimum Gasteiger partial charge on any atom is -0.490 e. The first-order valence-electron chi connectivity index (χ1n) is 9.56. The molecule has 0 atom stereocenters. The highest BCUT2D eigenvalue weighted by Gasteiger charge is 2.01. The van der Waals surface area contributed by atoms with Crippen LogP contribution in [0.2, 0.25) is 0 Å². The molecule has 3 aromatic rings. The van der Waals surface area contributed by atoms with Gasteiger partial charge in [-0.15, -0.1) is 35.3 Å². The van der Waals surface area contributed by atoms with Crippen molar-refractivity contribution in [2.45, 2.75) is 13.0 Å². The number of aromatic nitrogens is 1. The molecule has 0 spiro atoms. The number of guanidine groups is 1. The molecule has 30 heavy (non-hydrogen) atoms. The maximum Gasteiger partial charge on any atom is 0.213 e. The Morgan fingerprint density at radius 3 is 2.53 bits per heavy atom. The van der Waals surface area contributed by atoms with E-state index in [0.717, 1.165) is 30.2 Å². The van der Waals surface area contributed by atoms with Crippen molar-refractivity contribution in [3.05, 3.63) is 76.6 Å². The number of aliphatic imine (C=N–C) groups is 1.